The predicted molar refractivity (Wildman–Crippen MR) is 138 cm³/mol. The van der Waals surface area contributed by atoms with E-state index in [1.54, 1.807) is 48.7 Å². The molecule has 0 saturated carbocycles. The zero-order valence-corrected chi connectivity index (χ0v) is 20.6. The maximum absolute atomic E-state index is 12.9. The summed E-state index contributed by atoms with van der Waals surface area (Å²) in [7, 11) is 0.258. The maximum Gasteiger partial charge on any atom is 0.261 e. The summed E-state index contributed by atoms with van der Waals surface area (Å²) in [5.74, 6) is 1.90. The third-order valence-corrected chi connectivity index (χ3v) is 6.42. The fraction of sp³-hybridized carbons (Fsp3) is 0.208. The quantitative estimate of drug-likeness (QED) is 0.264. The van der Waals surface area contributed by atoms with Gasteiger partial charge in [0.05, 0.1) is 16.3 Å². The highest BCUT2D eigenvalue weighted by Gasteiger charge is 2.15. The molecule has 4 rings (SSSR count). The molecule has 2 heterocycles. The first kappa shape index (κ1) is 24.2. The number of hydrogen-bond donors (Lipinski definition) is 4. The van der Waals surface area contributed by atoms with E-state index in [2.05, 4.69) is 40.4 Å². The minimum Gasteiger partial charge on any atom is -0.369 e. The molecule has 0 bridgehead atoms. The van der Waals surface area contributed by atoms with Crippen molar-refractivity contribution in [2.24, 2.45) is 0 Å². The number of aryl methyl sites for hydroxylation is 1. The average molecular weight is 493 g/mol. The Morgan fingerprint density at radius 3 is 2.40 bits per heavy atom. The summed E-state index contributed by atoms with van der Waals surface area (Å²) >= 11 is 0. The second kappa shape index (κ2) is 10.5. The van der Waals surface area contributed by atoms with Crippen LogP contribution in [0.4, 0.5) is 23.0 Å². The molecule has 35 heavy (non-hydrogen) atoms. The van der Waals surface area contributed by atoms with Crippen LogP contribution in [0.1, 0.15) is 5.82 Å². The first-order valence-electron chi connectivity index (χ1n) is 11.0. The Bertz CT molecular complexity index is 1370. The van der Waals surface area contributed by atoms with Gasteiger partial charge in [-0.3, -0.25) is 9.82 Å². The summed E-state index contributed by atoms with van der Waals surface area (Å²) in [6, 6.07) is 17.2. The number of hydrogen-bond acceptors (Lipinski definition) is 8. The van der Waals surface area contributed by atoms with E-state index in [4.69, 9.17) is 0 Å². The number of benzene rings is 2. The van der Waals surface area contributed by atoms with E-state index < -0.39 is 10.0 Å². The molecule has 0 radical (unpaired) electrons. The number of rotatable bonds is 10. The first-order chi connectivity index (χ1) is 16.8. The number of aromatic amines is 1. The minimum absolute atomic E-state index is 0.182. The summed E-state index contributed by atoms with van der Waals surface area (Å²) < 4.78 is 28.5. The topological polar surface area (TPSA) is 128 Å². The van der Waals surface area contributed by atoms with Crippen LogP contribution in [-0.4, -0.2) is 60.7 Å². The third kappa shape index (κ3) is 6.55. The van der Waals surface area contributed by atoms with Crippen molar-refractivity contribution in [3.8, 4) is 11.3 Å². The van der Waals surface area contributed by atoms with Crippen LogP contribution in [0.2, 0.25) is 0 Å². The van der Waals surface area contributed by atoms with Crippen molar-refractivity contribution in [2.45, 2.75) is 11.8 Å². The molecular weight excluding hydrogens is 464 g/mol. The van der Waals surface area contributed by atoms with Crippen molar-refractivity contribution in [1.82, 2.24) is 25.1 Å². The molecule has 182 valence electrons. The van der Waals surface area contributed by atoms with Gasteiger partial charge < -0.3 is 15.5 Å². The molecule has 4 aromatic rings. The molecule has 2 aromatic carbocycles. The average Bonchev–Trinajstić information content (AvgIpc) is 3.34. The van der Waals surface area contributed by atoms with E-state index in [9.17, 15) is 8.42 Å². The highest BCUT2D eigenvalue weighted by atomic mass is 32.2. The molecule has 11 heteroatoms. The normalized spacial score (nSPS) is 11.4. The van der Waals surface area contributed by atoms with Gasteiger partial charge in [-0.25, -0.2) is 18.4 Å². The number of sulfonamides is 1. The van der Waals surface area contributed by atoms with E-state index in [1.807, 2.05) is 39.2 Å². The smallest absolute Gasteiger partial charge is 0.261 e. The predicted octanol–water partition coefficient (Wildman–Crippen LogP) is 3.69. The van der Waals surface area contributed by atoms with Gasteiger partial charge in [0.1, 0.15) is 17.5 Å². The van der Waals surface area contributed by atoms with Crippen LogP contribution in [0.3, 0.4) is 0 Å². The van der Waals surface area contributed by atoms with Crippen molar-refractivity contribution in [3.05, 3.63) is 72.7 Å². The fourth-order valence-corrected chi connectivity index (χ4v) is 4.48. The van der Waals surface area contributed by atoms with Gasteiger partial charge in [-0.2, -0.15) is 5.10 Å². The van der Waals surface area contributed by atoms with Crippen LogP contribution in [0.15, 0.2) is 71.8 Å². The molecule has 0 saturated heterocycles. The Balaban J connectivity index is 1.64. The van der Waals surface area contributed by atoms with Crippen LogP contribution in [0.25, 0.3) is 11.3 Å². The summed E-state index contributed by atoms with van der Waals surface area (Å²) in [5, 5.41) is 13.5. The summed E-state index contributed by atoms with van der Waals surface area (Å²) in [4.78, 5) is 11.2. The van der Waals surface area contributed by atoms with Crippen LogP contribution in [0, 0.1) is 6.92 Å². The number of likely N-dealkylation sites (N-methyl/N-ethyl adjacent to an activating group) is 1. The molecule has 0 unspecified atom stereocenters. The lowest BCUT2D eigenvalue weighted by Gasteiger charge is -2.15. The lowest BCUT2D eigenvalue weighted by molar-refractivity contribution is 0.425. The molecule has 4 N–H and O–H groups in total. The Kier molecular flexibility index (Phi) is 7.28. The largest absolute Gasteiger partial charge is 0.369 e. The number of nitrogens with zero attached hydrogens (tertiary/aromatic N) is 4. The molecule has 10 nitrogen and oxygen atoms in total. The Hall–Kier alpha value is -3.96. The van der Waals surface area contributed by atoms with Crippen molar-refractivity contribution in [2.75, 3.05) is 42.5 Å². The summed E-state index contributed by atoms with van der Waals surface area (Å²) in [6.45, 7) is 3.43. The molecule has 0 aliphatic heterocycles. The SMILES string of the molecule is Cc1nc(NCCN(C)C)cc(Nc2cc(NS(=O)(=O)c3ccccc3)cc(-c3ccn[nH]3)c2)n1. The van der Waals surface area contributed by atoms with E-state index in [1.165, 1.54) is 0 Å². The Morgan fingerprint density at radius 2 is 1.69 bits per heavy atom. The second-order valence-electron chi connectivity index (χ2n) is 8.23. The lowest BCUT2D eigenvalue weighted by Crippen LogP contribution is -2.21. The number of aromatic nitrogens is 4. The van der Waals surface area contributed by atoms with Gasteiger partial charge in [-0.15, -0.1) is 0 Å². The zero-order valence-electron chi connectivity index (χ0n) is 19.8. The second-order valence-corrected chi connectivity index (χ2v) is 9.91. The maximum atomic E-state index is 12.9. The van der Waals surface area contributed by atoms with Gasteiger partial charge in [0, 0.05) is 36.6 Å². The van der Waals surface area contributed by atoms with E-state index in [-0.39, 0.29) is 4.90 Å². The third-order valence-electron chi connectivity index (χ3n) is 5.03. The molecule has 0 aliphatic carbocycles. The van der Waals surface area contributed by atoms with Crippen LogP contribution >= 0.6 is 0 Å². The van der Waals surface area contributed by atoms with Gasteiger partial charge in [-0.05, 0) is 57.4 Å². The number of nitrogens with one attached hydrogen (secondary N) is 4. The molecule has 0 spiro atoms. The molecular formula is C24H28N8O2S. The first-order valence-corrected chi connectivity index (χ1v) is 12.5. The molecule has 0 atom stereocenters. The van der Waals surface area contributed by atoms with Gasteiger partial charge in [-0.1, -0.05) is 18.2 Å². The zero-order chi connectivity index (χ0) is 24.8. The summed E-state index contributed by atoms with van der Waals surface area (Å²) in [5.41, 5.74) is 2.56. The standard InChI is InChI=1S/C24H28N8O2S/c1-17-27-23(25-11-12-32(2)3)16-24(28-17)29-19-13-18(22-9-10-26-30-22)14-20(15-19)31-35(33,34)21-7-5-4-6-8-21/h4-10,13-16,31H,11-12H2,1-3H3,(H,26,30)(H2,25,27,28,29). The monoisotopic (exact) mass is 492 g/mol. The van der Waals surface area contributed by atoms with Crippen molar-refractivity contribution in [1.29, 1.82) is 0 Å². The van der Waals surface area contributed by atoms with Gasteiger partial charge >= 0.3 is 0 Å². The molecule has 2 aromatic heterocycles. The Morgan fingerprint density at radius 1 is 0.943 bits per heavy atom. The van der Waals surface area contributed by atoms with Crippen LogP contribution < -0.4 is 15.4 Å². The highest BCUT2D eigenvalue weighted by Crippen LogP contribution is 2.29. The summed E-state index contributed by atoms with van der Waals surface area (Å²) in [6.07, 6.45) is 1.64. The highest BCUT2D eigenvalue weighted by molar-refractivity contribution is 7.92. The molecule has 0 amide bonds. The number of H-pyrrole nitrogens is 1. The van der Waals surface area contributed by atoms with Crippen LogP contribution in [0.5, 0.6) is 0 Å². The Labute approximate surface area is 204 Å². The van der Waals surface area contributed by atoms with E-state index in [0.29, 0.717) is 28.8 Å². The lowest BCUT2D eigenvalue weighted by atomic mass is 10.1. The van der Waals surface area contributed by atoms with Gasteiger partial charge in [0.25, 0.3) is 10.0 Å². The fourth-order valence-electron chi connectivity index (χ4n) is 3.42. The van der Waals surface area contributed by atoms with E-state index in [0.717, 1.165) is 24.3 Å². The van der Waals surface area contributed by atoms with Crippen LogP contribution in [-0.2, 0) is 10.0 Å². The molecule has 0 aliphatic rings. The number of anilines is 4. The molecule has 0 fully saturated rings. The van der Waals surface area contributed by atoms with Crippen molar-refractivity contribution >= 4 is 33.0 Å². The van der Waals surface area contributed by atoms with Crippen molar-refractivity contribution < 1.29 is 8.42 Å². The van der Waals surface area contributed by atoms with Gasteiger partial charge in [0.15, 0.2) is 0 Å². The van der Waals surface area contributed by atoms with Gasteiger partial charge in [0.2, 0.25) is 0 Å². The van der Waals surface area contributed by atoms with E-state index >= 15 is 0 Å². The van der Waals surface area contributed by atoms with Crippen molar-refractivity contribution in [3.63, 3.8) is 0 Å². The minimum atomic E-state index is -3.76.